The Bertz CT molecular complexity index is 1490. The maximum atomic E-state index is 12.7. The molecule has 34 heavy (non-hydrogen) atoms. The molecule has 0 bridgehead atoms. The van der Waals surface area contributed by atoms with Gasteiger partial charge in [-0.3, -0.25) is 4.79 Å². The molecule has 0 aliphatic heterocycles. The molecule has 0 saturated carbocycles. The van der Waals surface area contributed by atoms with Gasteiger partial charge in [-0.05, 0) is 63.2 Å². The van der Waals surface area contributed by atoms with Crippen molar-refractivity contribution in [3.05, 3.63) is 92.4 Å². The zero-order valence-corrected chi connectivity index (χ0v) is 19.1. The van der Waals surface area contributed by atoms with Crippen LogP contribution in [0.1, 0.15) is 23.9 Å². The Morgan fingerprint density at radius 1 is 1.09 bits per heavy atom. The molecule has 0 radical (unpaired) electrons. The van der Waals surface area contributed by atoms with Crippen LogP contribution in [0.15, 0.2) is 69.3 Å². The number of hydrogen-bond acceptors (Lipinski definition) is 6. The third-order valence-electron chi connectivity index (χ3n) is 5.32. The average molecular weight is 460 g/mol. The fourth-order valence-corrected chi connectivity index (χ4v) is 3.73. The first kappa shape index (κ1) is 22.8. The summed E-state index contributed by atoms with van der Waals surface area (Å²) in [6.07, 6.45) is 1.50. The van der Waals surface area contributed by atoms with Crippen molar-refractivity contribution >= 4 is 23.1 Å². The van der Waals surface area contributed by atoms with Crippen LogP contribution in [0.25, 0.3) is 16.6 Å². The minimum atomic E-state index is -0.604. The van der Waals surface area contributed by atoms with E-state index in [1.165, 1.54) is 6.21 Å². The molecule has 0 amide bonds. The number of aromatic amines is 1. The van der Waals surface area contributed by atoms with Gasteiger partial charge in [0.2, 0.25) is 0 Å². The van der Waals surface area contributed by atoms with Crippen molar-refractivity contribution in [2.75, 3.05) is 13.2 Å². The van der Waals surface area contributed by atoms with E-state index in [1.807, 2.05) is 36.6 Å². The quantitative estimate of drug-likeness (QED) is 0.337. The van der Waals surface area contributed by atoms with Crippen LogP contribution < -0.4 is 16.0 Å². The smallest absolute Gasteiger partial charge is 0.349 e. The molecule has 0 fully saturated rings. The number of esters is 1. The van der Waals surface area contributed by atoms with Crippen LogP contribution in [0.5, 0.6) is 5.75 Å². The fraction of sp³-hybridized carbons (Fsp3) is 0.200. The van der Waals surface area contributed by atoms with E-state index in [1.54, 1.807) is 43.3 Å². The highest BCUT2D eigenvalue weighted by Crippen LogP contribution is 2.22. The Morgan fingerprint density at radius 3 is 2.56 bits per heavy atom. The maximum Gasteiger partial charge on any atom is 0.349 e. The van der Waals surface area contributed by atoms with Gasteiger partial charge in [0.1, 0.15) is 5.75 Å². The molecule has 0 atom stereocenters. The number of fused-ring (bicyclic) bond motifs is 1. The molecular weight excluding hydrogens is 436 g/mol. The summed E-state index contributed by atoms with van der Waals surface area (Å²) in [7, 11) is 0. The molecule has 0 saturated heterocycles. The van der Waals surface area contributed by atoms with E-state index in [9.17, 15) is 14.4 Å². The number of rotatable bonds is 7. The minimum absolute atomic E-state index is 0.150. The van der Waals surface area contributed by atoms with Gasteiger partial charge in [-0.25, -0.2) is 9.59 Å². The molecule has 2 aromatic heterocycles. The van der Waals surface area contributed by atoms with Gasteiger partial charge in [-0.2, -0.15) is 5.10 Å². The first-order valence-electron chi connectivity index (χ1n) is 10.7. The number of benzene rings is 2. The second kappa shape index (κ2) is 9.62. The number of carbonyl (C=O) groups is 1. The zero-order valence-electron chi connectivity index (χ0n) is 19.1. The van der Waals surface area contributed by atoms with Crippen LogP contribution in [0, 0.1) is 13.8 Å². The monoisotopic (exact) mass is 460 g/mol. The zero-order chi connectivity index (χ0) is 24.2. The number of aryl methyl sites for hydroxylation is 1. The Morgan fingerprint density at radius 2 is 1.82 bits per heavy atom. The van der Waals surface area contributed by atoms with Gasteiger partial charge in [0.25, 0.3) is 5.56 Å². The lowest BCUT2D eigenvalue weighted by atomic mass is 10.2. The number of nitrogens with one attached hydrogen (secondary N) is 1. The Kier molecular flexibility index (Phi) is 6.44. The summed E-state index contributed by atoms with van der Waals surface area (Å²) in [5, 5.41) is 4.55. The van der Waals surface area contributed by atoms with E-state index in [0.29, 0.717) is 23.3 Å². The molecule has 4 aromatic rings. The first-order valence-corrected chi connectivity index (χ1v) is 10.7. The SMILES string of the molecule is CCOC(=O)COc1ccc(-n2c(C)cc(C=Nn3c(=O)[nH]c4ccccc4c3=O)c2C)cc1. The normalized spacial score (nSPS) is 11.3. The predicted octanol–water partition coefficient (Wildman–Crippen LogP) is 2.92. The number of hydrogen-bond donors (Lipinski definition) is 1. The molecular formula is C25H24N4O5. The standard InChI is InChI=1S/C25H24N4O5/c1-4-33-23(30)15-34-20-11-9-19(10-12-20)28-16(2)13-18(17(28)3)14-26-29-24(31)21-7-5-6-8-22(21)27-25(29)32/h5-14H,4,15H2,1-3H3,(H,27,32). The number of nitrogens with zero attached hydrogens (tertiary/aromatic N) is 3. The van der Waals surface area contributed by atoms with Crippen molar-refractivity contribution < 1.29 is 14.3 Å². The lowest BCUT2D eigenvalue weighted by molar-refractivity contribution is -0.145. The van der Waals surface area contributed by atoms with Crippen LogP contribution in [-0.2, 0) is 9.53 Å². The Labute approximate surface area is 194 Å². The van der Waals surface area contributed by atoms with E-state index in [0.717, 1.165) is 27.3 Å². The topological polar surface area (TPSA) is 108 Å². The molecule has 174 valence electrons. The molecule has 0 aliphatic rings. The van der Waals surface area contributed by atoms with Crippen LogP contribution in [0.2, 0.25) is 0 Å². The summed E-state index contributed by atoms with van der Waals surface area (Å²) in [5.74, 6) is 0.132. The average Bonchev–Trinajstić information content (AvgIpc) is 3.11. The maximum absolute atomic E-state index is 12.7. The highest BCUT2D eigenvalue weighted by atomic mass is 16.6. The van der Waals surface area contributed by atoms with E-state index in [-0.39, 0.29) is 6.61 Å². The van der Waals surface area contributed by atoms with Crippen molar-refractivity contribution in [3.63, 3.8) is 0 Å². The van der Waals surface area contributed by atoms with Gasteiger partial charge in [0.15, 0.2) is 6.61 Å². The Balaban J connectivity index is 1.59. The summed E-state index contributed by atoms with van der Waals surface area (Å²) in [5.41, 5.74) is 2.86. The summed E-state index contributed by atoms with van der Waals surface area (Å²) < 4.78 is 13.1. The fourth-order valence-electron chi connectivity index (χ4n) is 3.73. The molecule has 4 rings (SSSR count). The molecule has 0 spiro atoms. The van der Waals surface area contributed by atoms with Crippen LogP contribution >= 0.6 is 0 Å². The summed E-state index contributed by atoms with van der Waals surface area (Å²) in [6.45, 7) is 5.77. The largest absolute Gasteiger partial charge is 0.482 e. The van der Waals surface area contributed by atoms with Gasteiger partial charge in [0, 0.05) is 22.6 Å². The van der Waals surface area contributed by atoms with Gasteiger partial charge < -0.3 is 19.0 Å². The van der Waals surface area contributed by atoms with Crippen molar-refractivity contribution in [2.45, 2.75) is 20.8 Å². The van der Waals surface area contributed by atoms with E-state index in [2.05, 4.69) is 10.1 Å². The minimum Gasteiger partial charge on any atom is -0.482 e. The highest BCUT2D eigenvalue weighted by Gasteiger charge is 2.11. The molecule has 0 aliphatic carbocycles. The molecule has 2 heterocycles. The van der Waals surface area contributed by atoms with Crippen molar-refractivity contribution in [2.24, 2.45) is 5.10 Å². The lowest BCUT2D eigenvalue weighted by Gasteiger charge is -2.11. The highest BCUT2D eigenvalue weighted by molar-refractivity contribution is 5.82. The summed E-state index contributed by atoms with van der Waals surface area (Å²) >= 11 is 0. The summed E-state index contributed by atoms with van der Waals surface area (Å²) in [6, 6.07) is 16.0. The third-order valence-corrected chi connectivity index (χ3v) is 5.32. The van der Waals surface area contributed by atoms with Crippen molar-refractivity contribution in [3.8, 4) is 11.4 Å². The molecule has 1 N–H and O–H groups in total. The lowest BCUT2D eigenvalue weighted by Crippen LogP contribution is -2.32. The number of H-pyrrole nitrogens is 1. The number of carbonyl (C=O) groups excluding carboxylic acids is 1. The molecule has 9 nitrogen and oxygen atoms in total. The predicted molar refractivity (Wildman–Crippen MR) is 129 cm³/mol. The van der Waals surface area contributed by atoms with Crippen LogP contribution in [-0.4, -0.2) is 39.6 Å². The number of para-hydroxylation sites is 1. The molecule has 9 heteroatoms. The van der Waals surface area contributed by atoms with Crippen molar-refractivity contribution in [1.82, 2.24) is 14.2 Å². The number of ether oxygens (including phenoxy) is 2. The van der Waals surface area contributed by atoms with Crippen molar-refractivity contribution in [1.29, 1.82) is 0 Å². The van der Waals surface area contributed by atoms with Gasteiger partial charge in [-0.15, -0.1) is 4.68 Å². The first-order chi connectivity index (χ1) is 16.4. The second-order valence-corrected chi connectivity index (χ2v) is 7.59. The molecule has 0 unspecified atom stereocenters. The van der Waals surface area contributed by atoms with Crippen LogP contribution in [0.3, 0.4) is 0 Å². The van der Waals surface area contributed by atoms with Crippen LogP contribution in [0.4, 0.5) is 0 Å². The van der Waals surface area contributed by atoms with Gasteiger partial charge >= 0.3 is 11.7 Å². The third kappa shape index (κ3) is 4.54. The van der Waals surface area contributed by atoms with Gasteiger partial charge in [-0.1, -0.05) is 12.1 Å². The summed E-state index contributed by atoms with van der Waals surface area (Å²) in [4.78, 5) is 39.2. The van der Waals surface area contributed by atoms with Gasteiger partial charge in [0.05, 0.1) is 23.7 Å². The second-order valence-electron chi connectivity index (χ2n) is 7.59. The van der Waals surface area contributed by atoms with E-state index < -0.39 is 17.2 Å². The Hall–Kier alpha value is -4.40. The van der Waals surface area contributed by atoms with E-state index in [4.69, 9.17) is 9.47 Å². The number of aromatic nitrogens is 3. The van der Waals surface area contributed by atoms with E-state index >= 15 is 0 Å². The molecule has 2 aromatic carbocycles.